The number of anilines is 2. The Kier molecular flexibility index (Phi) is 6.76. The van der Waals surface area contributed by atoms with Crippen LogP contribution in [0.2, 0.25) is 0 Å². The van der Waals surface area contributed by atoms with Gasteiger partial charge in [0.05, 0.1) is 0 Å². The molecule has 0 bridgehead atoms. The molecule has 1 heterocycles. The van der Waals surface area contributed by atoms with Crippen molar-refractivity contribution < 1.29 is 4.79 Å². The van der Waals surface area contributed by atoms with Crippen molar-refractivity contribution in [3.63, 3.8) is 0 Å². The molecule has 1 amide bonds. The molecule has 20 heavy (non-hydrogen) atoms. The first-order chi connectivity index (χ1) is 9.60. The van der Waals surface area contributed by atoms with Gasteiger partial charge in [0.2, 0.25) is 5.91 Å². The number of hydrogen-bond donors (Lipinski definition) is 2. The molecule has 1 aromatic rings. The van der Waals surface area contributed by atoms with Crippen LogP contribution in [-0.2, 0) is 11.2 Å². The molecule has 6 nitrogen and oxygen atoms in total. The van der Waals surface area contributed by atoms with Crippen molar-refractivity contribution >= 4 is 17.5 Å². The van der Waals surface area contributed by atoms with Crippen molar-refractivity contribution in [2.24, 2.45) is 0 Å². The maximum absolute atomic E-state index is 11.3. The molecule has 0 unspecified atom stereocenters. The zero-order valence-corrected chi connectivity index (χ0v) is 12.9. The predicted molar refractivity (Wildman–Crippen MR) is 82.1 cm³/mol. The molecule has 6 heteroatoms. The van der Waals surface area contributed by atoms with Gasteiger partial charge in [0, 0.05) is 46.1 Å². The summed E-state index contributed by atoms with van der Waals surface area (Å²) in [6.07, 6.45) is 2.29. The summed E-state index contributed by atoms with van der Waals surface area (Å²) in [5.41, 5.74) is 0. The van der Waals surface area contributed by atoms with Gasteiger partial charge < -0.3 is 15.5 Å². The van der Waals surface area contributed by atoms with Crippen LogP contribution in [0, 0.1) is 0 Å². The van der Waals surface area contributed by atoms with Crippen LogP contribution >= 0.6 is 0 Å². The van der Waals surface area contributed by atoms with Crippen molar-refractivity contribution in [1.82, 2.24) is 15.3 Å². The van der Waals surface area contributed by atoms with E-state index in [0.29, 0.717) is 13.0 Å². The number of nitrogens with zero attached hydrogens (tertiary/aromatic N) is 3. The lowest BCUT2D eigenvalue weighted by molar-refractivity contribution is -0.120. The largest absolute Gasteiger partial charge is 0.370 e. The normalized spacial score (nSPS) is 10.2. The Hall–Kier alpha value is -1.85. The van der Waals surface area contributed by atoms with Crippen LogP contribution in [0.3, 0.4) is 0 Å². The number of carbonyl (C=O) groups is 1. The van der Waals surface area contributed by atoms with E-state index in [4.69, 9.17) is 0 Å². The highest BCUT2D eigenvalue weighted by Crippen LogP contribution is 2.15. The monoisotopic (exact) mass is 279 g/mol. The van der Waals surface area contributed by atoms with E-state index < -0.39 is 0 Å². The second-order valence-electron chi connectivity index (χ2n) is 4.65. The average Bonchev–Trinajstić information content (AvgIpc) is 2.49. The minimum atomic E-state index is 0.0333. The fraction of sp³-hybridized carbons (Fsp3) is 0.643. The lowest BCUT2D eigenvalue weighted by Crippen LogP contribution is -2.27. The van der Waals surface area contributed by atoms with Crippen LogP contribution in [0.5, 0.6) is 0 Å². The Labute approximate surface area is 121 Å². The van der Waals surface area contributed by atoms with Crippen LogP contribution in [0.15, 0.2) is 6.07 Å². The number of amides is 1. The standard InChI is InChI=1S/C14H25N5O/c1-5-8-16-12-10-13(18-11(6-2)17-12)19(4)9-7-14(20)15-3/h10H,5-9H2,1-4H3,(H,15,20)(H,16,17,18). The Balaban J connectivity index is 2.78. The van der Waals surface area contributed by atoms with E-state index in [0.717, 1.165) is 36.8 Å². The van der Waals surface area contributed by atoms with E-state index in [1.165, 1.54) is 0 Å². The van der Waals surface area contributed by atoms with Gasteiger partial charge >= 0.3 is 0 Å². The summed E-state index contributed by atoms with van der Waals surface area (Å²) < 4.78 is 0. The molecule has 0 aliphatic carbocycles. The molecule has 2 N–H and O–H groups in total. The van der Waals surface area contributed by atoms with Crippen LogP contribution in [0.25, 0.3) is 0 Å². The fourth-order valence-electron chi connectivity index (χ4n) is 1.69. The van der Waals surface area contributed by atoms with Crippen LogP contribution in [-0.4, -0.2) is 43.1 Å². The highest BCUT2D eigenvalue weighted by molar-refractivity contribution is 5.76. The Morgan fingerprint density at radius 1 is 1.35 bits per heavy atom. The molecule has 1 aromatic heterocycles. The molecule has 0 aliphatic rings. The van der Waals surface area contributed by atoms with Crippen molar-refractivity contribution in [2.75, 3.05) is 37.4 Å². The minimum absolute atomic E-state index is 0.0333. The SMILES string of the molecule is CCCNc1cc(N(C)CCC(=O)NC)nc(CC)n1. The maximum atomic E-state index is 11.3. The second-order valence-corrected chi connectivity index (χ2v) is 4.65. The summed E-state index contributed by atoms with van der Waals surface area (Å²) in [5, 5.41) is 5.91. The number of nitrogens with one attached hydrogen (secondary N) is 2. The van der Waals surface area contributed by atoms with Gasteiger partial charge in [-0.3, -0.25) is 4.79 Å². The van der Waals surface area contributed by atoms with E-state index in [2.05, 4.69) is 27.5 Å². The lowest BCUT2D eigenvalue weighted by Gasteiger charge is -2.19. The first kappa shape index (κ1) is 16.2. The van der Waals surface area contributed by atoms with E-state index in [1.54, 1.807) is 7.05 Å². The van der Waals surface area contributed by atoms with E-state index in [-0.39, 0.29) is 5.91 Å². The number of carbonyl (C=O) groups excluding carboxylic acids is 1. The Morgan fingerprint density at radius 2 is 2.10 bits per heavy atom. The molecule has 0 fully saturated rings. The second kappa shape index (κ2) is 8.35. The van der Waals surface area contributed by atoms with Crippen LogP contribution < -0.4 is 15.5 Å². The van der Waals surface area contributed by atoms with Crippen molar-refractivity contribution in [3.8, 4) is 0 Å². The van der Waals surface area contributed by atoms with Crippen molar-refractivity contribution in [3.05, 3.63) is 11.9 Å². The number of aryl methyl sites for hydroxylation is 1. The summed E-state index contributed by atoms with van der Waals surface area (Å²) in [7, 11) is 3.59. The smallest absolute Gasteiger partial charge is 0.221 e. The predicted octanol–water partition coefficient (Wildman–Crippen LogP) is 1.43. The van der Waals surface area contributed by atoms with E-state index in [9.17, 15) is 4.79 Å². The summed E-state index contributed by atoms with van der Waals surface area (Å²) >= 11 is 0. The number of hydrogen-bond acceptors (Lipinski definition) is 5. The van der Waals surface area contributed by atoms with E-state index >= 15 is 0 Å². The topological polar surface area (TPSA) is 70.2 Å². The summed E-state index contributed by atoms with van der Waals surface area (Å²) in [4.78, 5) is 22.2. The molecule has 1 rings (SSSR count). The van der Waals surface area contributed by atoms with Crippen molar-refractivity contribution in [2.45, 2.75) is 33.1 Å². The molecule has 0 aliphatic heterocycles. The van der Waals surface area contributed by atoms with Gasteiger partial charge in [-0.05, 0) is 6.42 Å². The molecular weight excluding hydrogens is 254 g/mol. The average molecular weight is 279 g/mol. The zero-order valence-electron chi connectivity index (χ0n) is 12.9. The molecule has 0 saturated heterocycles. The number of aromatic nitrogens is 2. The summed E-state index contributed by atoms with van der Waals surface area (Å²) in [6, 6.07) is 1.93. The van der Waals surface area contributed by atoms with Gasteiger partial charge in [-0.15, -0.1) is 0 Å². The highest BCUT2D eigenvalue weighted by Gasteiger charge is 2.09. The Morgan fingerprint density at radius 3 is 2.70 bits per heavy atom. The van der Waals surface area contributed by atoms with E-state index in [1.807, 2.05) is 24.9 Å². The zero-order chi connectivity index (χ0) is 15.0. The summed E-state index contributed by atoms with van der Waals surface area (Å²) in [6.45, 7) is 5.67. The quantitative estimate of drug-likeness (QED) is 0.753. The van der Waals surface area contributed by atoms with Crippen LogP contribution in [0.1, 0.15) is 32.5 Å². The molecule has 0 radical (unpaired) electrons. The molecule has 0 aromatic carbocycles. The summed E-state index contributed by atoms with van der Waals surface area (Å²) in [5.74, 6) is 2.54. The maximum Gasteiger partial charge on any atom is 0.221 e. The number of rotatable bonds is 8. The van der Waals surface area contributed by atoms with Gasteiger partial charge in [0.25, 0.3) is 0 Å². The first-order valence-corrected chi connectivity index (χ1v) is 7.14. The third-order valence-electron chi connectivity index (χ3n) is 2.98. The molecule has 0 spiro atoms. The van der Waals surface area contributed by atoms with Crippen molar-refractivity contribution in [1.29, 1.82) is 0 Å². The lowest BCUT2D eigenvalue weighted by atomic mass is 10.3. The van der Waals surface area contributed by atoms with Gasteiger partial charge in [-0.25, -0.2) is 9.97 Å². The van der Waals surface area contributed by atoms with Gasteiger partial charge in [0.15, 0.2) is 0 Å². The first-order valence-electron chi connectivity index (χ1n) is 7.14. The minimum Gasteiger partial charge on any atom is -0.370 e. The third kappa shape index (κ3) is 5.03. The Bertz CT molecular complexity index is 436. The fourth-order valence-corrected chi connectivity index (χ4v) is 1.69. The molecule has 0 atom stereocenters. The highest BCUT2D eigenvalue weighted by atomic mass is 16.1. The van der Waals surface area contributed by atoms with Crippen LogP contribution in [0.4, 0.5) is 11.6 Å². The molecular formula is C14H25N5O. The van der Waals surface area contributed by atoms with Gasteiger partial charge in [-0.1, -0.05) is 13.8 Å². The van der Waals surface area contributed by atoms with Gasteiger partial charge in [-0.2, -0.15) is 0 Å². The molecule has 112 valence electrons. The van der Waals surface area contributed by atoms with Gasteiger partial charge in [0.1, 0.15) is 17.5 Å². The third-order valence-corrected chi connectivity index (χ3v) is 2.98. The molecule has 0 saturated carbocycles.